The van der Waals surface area contributed by atoms with E-state index in [0.717, 1.165) is 25.6 Å². The summed E-state index contributed by atoms with van der Waals surface area (Å²) >= 11 is 0. The van der Waals surface area contributed by atoms with Gasteiger partial charge in [0.25, 0.3) is 0 Å². The highest BCUT2D eigenvalue weighted by Gasteiger charge is 2.24. The van der Waals surface area contributed by atoms with Gasteiger partial charge in [-0.2, -0.15) is 0 Å². The largest absolute Gasteiger partial charge is 0.377 e. The molecule has 0 aromatic heterocycles. The van der Waals surface area contributed by atoms with Crippen LogP contribution in [0.25, 0.3) is 0 Å². The summed E-state index contributed by atoms with van der Waals surface area (Å²) in [6.45, 7) is 10.4. The van der Waals surface area contributed by atoms with E-state index in [1.807, 2.05) is 0 Å². The molecule has 3 heteroatoms. The number of likely N-dealkylation sites (tertiary alicyclic amines) is 1. The highest BCUT2D eigenvalue weighted by Crippen LogP contribution is 2.20. The van der Waals surface area contributed by atoms with E-state index in [2.05, 4.69) is 24.1 Å². The molecule has 0 aromatic carbocycles. The van der Waals surface area contributed by atoms with Gasteiger partial charge in [0.05, 0.1) is 6.10 Å². The Labute approximate surface area is 106 Å². The van der Waals surface area contributed by atoms with Crippen LogP contribution in [-0.2, 0) is 4.74 Å². The third-order valence-corrected chi connectivity index (χ3v) is 4.35. The lowest BCUT2D eigenvalue weighted by Crippen LogP contribution is -2.41. The van der Waals surface area contributed by atoms with E-state index >= 15 is 0 Å². The van der Waals surface area contributed by atoms with Crippen LogP contribution in [0.5, 0.6) is 0 Å². The van der Waals surface area contributed by atoms with E-state index < -0.39 is 0 Å². The first-order valence-corrected chi connectivity index (χ1v) is 7.36. The summed E-state index contributed by atoms with van der Waals surface area (Å²) in [6.07, 6.45) is 5.69. The van der Waals surface area contributed by atoms with Crippen molar-refractivity contribution < 1.29 is 4.74 Å². The first-order chi connectivity index (χ1) is 8.29. The summed E-state index contributed by atoms with van der Waals surface area (Å²) < 4.78 is 5.62. The quantitative estimate of drug-likeness (QED) is 0.767. The van der Waals surface area contributed by atoms with Crippen LogP contribution in [0, 0.1) is 5.92 Å². The van der Waals surface area contributed by atoms with Gasteiger partial charge in [-0.15, -0.1) is 0 Å². The molecule has 2 fully saturated rings. The van der Waals surface area contributed by atoms with Crippen molar-refractivity contribution >= 4 is 0 Å². The SMILES string of the molecule is CCC1CCN(C(C)CNCC2CCCO2)C1. The molecule has 2 aliphatic heterocycles. The van der Waals surface area contributed by atoms with Crippen LogP contribution in [0.2, 0.25) is 0 Å². The van der Waals surface area contributed by atoms with Gasteiger partial charge in [0.15, 0.2) is 0 Å². The molecular weight excluding hydrogens is 212 g/mol. The average Bonchev–Trinajstić information content (AvgIpc) is 2.99. The van der Waals surface area contributed by atoms with Crippen molar-refractivity contribution in [2.24, 2.45) is 5.92 Å². The van der Waals surface area contributed by atoms with Gasteiger partial charge in [0.2, 0.25) is 0 Å². The molecule has 2 rings (SSSR count). The van der Waals surface area contributed by atoms with Crippen LogP contribution in [0.15, 0.2) is 0 Å². The molecule has 0 aliphatic carbocycles. The van der Waals surface area contributed by atoms with Gasteiger partial charge in [-0.05, 0) is 38.6 Å². The molecule has 0 radical (unpaired) electrons. The fourth-order valence-electron chi connectivity index (χ4n) is 2.98. The number of nitrogens with one attached hydrogen (secondary N) is 1. The molecule has 2 heterocycles. The summed E-state index contributed by atoms with van der Waals surface area (Å²) in [5.41, 5.74) is 0. The lowest BCUT2D eigenvalue weighted by Gasteiger charge is -2.25. The molecule has 3 unspecified atom stereocenters. The van der Waals surface area contributed by atoms with Gasteiger partial charge in [0.1, 0.15) is 0 Å². The lowest BCUT2D eigenvalue weighted by molar-refractivity contribution is 0.108. The van der Waals surface area contributed by atoms with Gasteiger partial charge >= 0.3 is 0 Å². The third-order valence-electron chi connectivity index (χ3n) is 4.35. The highest BCUT2D eigenvalue weighted by atomic mass is 16.5. The number of hydrogen-bond acceptors (Lipinski definition) is 3. The first kappa shape index (κ1) is 13.3. The van der Waals surface area contributed by atoms with Gasteiger partial charge in [-0.3, -0.25) is 4.90 Å². The molecular formula is C14H28N2O. The Bertz CT molecular complexity index is 216. The van der Waals surface area contributed by atoms with Crippen molar-refractivity contribution in [2.45, 2.75) is 51.7 Å². The molecule has 3 atom stereocenters. The van der Waals surface area contributed by atoms with Gasteiger partial charge < -0.3 is 10.1 Å². The van der Waals surface area contributed by atoms with Crippen LogP contribution in [0.3, 0.4) is 0 Å². The molecule has 0 saturated carbocycles. The van der Waals surface area contributed by atoms with Crippen molar-refractivity contribution in [3.63, 3.8) is 0 Å². The van der Waals surface area contributed by atoms with Gasteiger partial charge in [0, 0.05) is 32.3 Å². The molecule has 3 nitrogen and oxygen atoms in total. The summed E-state index contributed by atoms with van der Waals surface area (Å²) in [5, 5.41) is 3.57. The first-order valence-electron chi connectivity index (χ1n) is 7.36. The lowest BCUT2D eigenvalue weighted by atomic mass is 10.1. The van der Waals surface area contributed by atoms with Crippen LogP contribution < -0.4 is 5.32 Å². The van der Waals surface area contributed by atoms with E-state index in [1.54, 1.807) is 0 Å². The third kappa shape index (κ3) is 3.94. The maximum Gasteiger partial charge on any atom is 0.0700 e. The van der Waals surface area contributed by atoms with Gasteiger partial charge in [-0.1, -0.05) is 13.3 Å². The smallest absolute Gasteiger partial charge is 0.0700 e. The van der Waals surface area contributed by atoms with E-state index in [0.29, 0.717) is 12.1 Å². The average molecular weight is 240 g/mol. The zero-order chi connectivity index (χ0) is 12.1. The summed E-state index contributed by atoms with van der Waals surface area (Å²) in [6, 6.07) is 0.674. The van der Waals surface area contributed by atoms with Crippen LogP contribution in [-0.4, -0.2) is 49.8 Å². The number of ether oxygens (including phenoxy) is 1. The molecule has 2 saturated heterocycles. The van der Waals surface area contributed by atoms with E-state index in [-0.39, 0.29) is 0 Å². The molecule has 0 amide bonds. The Kier molecular flexibility index (Phi) is 5.26. The molecule has 0 bridgehead atoms. The van der Waals surface area contributed by atoms with Crippen molar-refractivity contribution in [1.29, 1.82) is 0 Å². The molecule has 0 aromatic rings. The van der Waals surface area contributed by atoms with Crippen LogP contribution in [0.1, 0.15) is 39.5 Å². The molecule has 100 valence electrons. The van der Waals surface area contributed by atoms with E-state index in [9.17, 15) is 0 Å². The van der Waals surface area contributed by atoms with Crippen molar-refractivity contribution in [3.05, 3.63) is 0 Å². The standard InChI is InChI=1S/C14H28N2O/c1-3-13-6-7-16(11-13)12(2)9-15-10-14-5-4-8-17-14/h12-15H,3-11H2,1-2H3. The van der Waals surface area contributed by atoms with Crippen molar-refractivity contribution in [1.82, 2.24) is 10.2 Å². The Balaban J connectivity index is 1.58. The predicted molar refractivity (Wildman–Crippen MR) is 71.3 cm³/mol. The summed E-state index contributed by atoms with van der Waals surface area (Å²) in [7, 11) is 0. The van der Waals surface area contributed by atoms with E-state index in [4.69, 9.17) is 4.74 Å². The summed E-state index contributed by atoms with van der Waals surface area (Å²) in [4.78, 5) is 2.64. The number of nitrogens with zero attached hydrogens (tertiary/aromatic N) is 1. The minimum atomic E-state index is 0.476. The van der Waals surface area contributed by atoms with Crippen molar-refractivity contribution in [2.75, 3.05) is 32.8 Å². The molecule has 1 N–H and O–H groups in total. The van der Waals surface area contributed by atoms with Crippen LogP contribution in [0.4, 0.5) is 0 Å². The second-order valence-electron chi connectivity index (χ2n) is 5.70. The number of hydrogen-bond donors (Lipinski definition) is 1. The Morgan fingerprint density at radius 3 is 2.94 bits per heavy atom. The Hall–Kier alpha value is -0.120. The normalized spacial score (nSPS) is 32.1. The zero-order valence-corrected chi connectivity index (χ0v) is 11.5. The molecule has 2 aliphatic rings. The minimum absolute atomic E-state index is 0.476. The van der Waals surface area contributed by atoms with E-state index in [1.165, 1.54) is 38.8 Å². The number of rotatable bonds is 6. The minimum Gasteiger partial charge on any atom is -0.377 e. The second kappa shape index (κ2) is 6.72. The highest BCUT2D eigenvalue weighted by molar-refractivity contribution is 4.80. The predicted octanol–water partition coefficient (Wildman–Crippen LogP) is 1.88. The second-order valence-corrected chi connectivity index (χ2v) is 5.70. The monoisotopic (exact) mass is 240 g/mol. The molecule has 17 heavy (non-hydrogen) atoms. The van der Waals surface area contributed by atoms with Crippen LogP contribution >= 0.6 is 0 Å². The maximum absolute atomic E-state index is 5.62. The zero-order valence-electron chi connectivity index (χ0n) is 11.5. The fourth-order valence-corrected chi connectivity index (χ4v) is 2.98. The molecule has 0 spiro atoms. The topological polar surface area (TPSA) is 24.5 Å². The fraction of sp³-hybridized carbons (Fsp3) is 1.00. The maximum atomic E-state index is 5.62. The Morgan fingerprint density at radius 1 is 1.41 bits per heavy atom. The van der Waals surface area contributed by atoms with Crippen molar-refractivity contribution in [3.8, 4) is 0 Å². The Morgan fingerprint density at radius 2 is 2.29 bits per heavy atom. The van der Waals surface area contributed by atoms with Gasteiger partial charge in [-0.25, -0.2) is 0 Å². The summed E-state index contributed by atoms with van der Waals surface area (Å²) in [5.74, 6) is 0.940.